The molecule has 4 N–H and O–H groups in total. The van der Waals surface area contributed by atoms with E-state index < -0.39 is 34.9 Å². The van der Waals surface area contributed by atoms with Gasteiger partial charge < -0.3 is 14.9 Å². The predicted octanol–water partition coefficient (Wildman–Crippen LogP) is -1.99. The predicted molar refractivity (Wildman–Crippen MR) is 50.7 cm³/mol. The molecule has 0 spiro atoms. The van der Waals surface area contributed by atoms with Gasteiger partial charge in [0.1, 0.15) is 6.04 Å². The summed E-state index contributed by atoms with van der Waals surface area (Å²) in [6.45, 7) is 0.482. The van der Waals surface area contributed by atoms with Crippen LogP contribution in [0.15, 0.2) is 0 Å². The molecule has 1 amide bonds. The lowest BCUT2D eigenvalue weighted by Crippen LogP contribution is -2.49. The molecular weight excluding hydrogens is 244 g/mol. The van der Waals surface area contributed by atoms with Gasteiger partial charge in [0.05, 0.1) is 13.2 Å². The molecule has 0 aliphatic heterocycles. The minimum Gasteiger partial charge on any atom is -0.480 e. The van der Waals surface area contributed by atoms with Crippen LogP contribution < -0.4 is 9.44 Å². The van der Waals surface area contributed by atoms with Gasteiger partial charge in [-0.05, 0) is 6.92 Å². The van der Waals surface area contributed by atoms with Crippen molar-refractivity contribution in [2.45, 2.75) is 13.0 Å². The third-order valence-corrected chi connectivity index (χ3v) is 2.30. The van der Waals surface area contributed by atoms with Gasteiger partial charge in [-0.3, -0.25) is 4.79 Å². The Bertz CT molecular complexity index is 352. The molecular formula is C6H12N2O7S. The number of hydrogen-bond acceptors (Lipinski definition) is 6. The molecule has 0 unspecified atom stereocenters. The number of rotatable bonds is 6. The van der Waals surface area contributed by atoms with Gasteiger partial charge in [-0.15, -0.1) is 0 Å². The summed E-state index contributed by atoms with van der Waals surface area (Å²) in [5.41, 5.74) is 0. The minimum atomic E-state index is -4.37. The number of hydrogen-bond donors (Lipinski definition) is 4. The normalized spacial score (nSPS) is 12.9. The summed E-state index contributed by atoms with van der Waals surface area (Å²) in [4.78, 5) is 21.1. The number of aliphatic hydroxyl groups is 1. The largest absolute Gasteiger partial charge is 0.480 e. The second kappa shape index (κ2) is 6.25. The van der Waals surface area contributed by atoms with E-state index in [1.165, 1.54) is 11.6 Å². The van der Waals surface area contributed by atoms with E-state index in [9.17, 15) is 18.0 Å². The number of carbonyl (C=O) groups is 2. The molecule has 1 atom stereocenters. The maximum absolute atomic E-state index is 11.1. The third kappa shape index (κ3) is 5.48. The van der Waals surface area contributed by atoms with Crippen molar-refractivity contribution in [3.63, 3.8) is 0 Å². The molecule has 10 heteroatoms. The highest BCUT2D eigenvalue weighted by atomic mass is 32.2. The first-order valence-electron chi connectivity index (χ1n) is 4.13. The number of aliphatic hydroxyl groups excluding tert-OH is 1. The molecule has 0 aromatic carbocycles. The van der Waals surface area contributed by atoms with Crippen molar-refractivity contribution in [3.05, 3.63) is 0 Å². The van der Waals surface area contributed by atoms with Crippen molar-refractivity contribution < 1.29 is 33.0 Å². The standard InChI is InChI=1S/C6H12N2O7S/c1-2-15-6(12)8-16(13,14)7-4(3-9)5(10)11/h4,7,9H,2-3H2,1H3,(H,8,12)(H,10,11)/t4-/m1/s1. The van der Waals surface area contributed by atoms with Gasteiger partial charge in [0.2, 0.25) is 0 Å². The first-order valence-corrected chi connectivity index (χ1v) is 5.61. The van der Waals surface area contributed by atoms with Crippen molar-refractivity contribution in [2.24, 2.45) is 0 Å². The summed E-state index contributed by atoms with van der Waals surface area (Å²) in [6.07, 6.45) is -1.24. The first-order chi connectivity index (χ1) is 7.32. The van der Waals surface area contributed by atoms with Crippen LogP contribution in [-0.2, 0) is 19.7 Å². The van der Waals surface area contributed by atoms with Crippen LogP contribution in [0.25, 0.3) is 0 Å². The van der Waals surface area contributed by atoms with Crippen LogP contribution in [0.2, 0.25) is 0 Å². The molecule has 0 bridgehead atoms. The first kappa shape index (κ1) is 14.6. The van der Waals surface area contributed by atoms with E-state index in [0.29, 0.717) is 0 Å². The average Bonchev–Trinajstić information content (AvgIpc) is 2.13. The Hall–Kier alpha value is -1.39. The fourth-order valence-corrected chi connectivity index (χ4v) is 1.54. The Morgan fingerprint density at radius 2 is 2.00 bits per heavy atom. The molecule has 0 radical (unpaired) electrons. The highest BCUT2D eigenvalue weighted by Crippen LogP contribution is 1.88. The lowest BCUT2D eigenvalue weighted by atomic mass is 10.3. The Kier molecular flexibility index (Phi) is 5.71. The Morgan fingerprint density at radius 1 is 1.44 bits per heavy atom. The smallest absolute Gasteiger partial charge is 0.421 e. The molecule has 0 aliphatic rings. The van der Waals surface area contributed by atoms with Crippen LogP contribution in [0.1, 0.15) is 6.92 Å². The zero-order valence-electron chi connectivity index (χ0n) is 8.34. The molecule has 0 rings (SSSR count). The van der Waals surface area contributed by atoms with Gasteiger partial charge >= 0.3 is 22.3 Å². The van der Waals surface area contributed by atoms with E-state index in [1.807, 2.05) is 0 Å². The summed E-state index contributed by atoms with van der Waals surface area (Å²) in [7, 11) is -4.37. The second-order valence-electron chi connectivity index (χ2n) is 2.52. The van der Waals surface area contributed by atoms with Crippen LogP contribution in [0.5, 0.6) is 0 Å². The molecule has 0 aliphatic carbocycles. The van der Waals surface area contributed by atoms with Gasteiger partial charge in [0.15, 0.2) is 0 Å². The zero-order valence-corrected chi connectivity index (χ0v) is 9.15. The molecule has 0 aromatic heterocycles. The summed E-state index contributed by atoms with van der Waals surface area (Å²) in [5, 5.41) is 17.0. The molecule has 0 fully saturated rings. The van der Waals surface area contributed by atoms with Crippen LogP contribution in [0.3, 0.4) is 0 Å². The highest BCUT2D eigenvalue weighted by molar-refractivity contribution is 7.88. The Balaban J connectivity index is 4.45. The van der Waals surface area contributed by atoms with Gasteiger partial charge in [-0.1, -0.05) is 0 Å². The maximum Gasteiger partial charge on any atom is 0.421 e. The molecule has 0 heterocycles. The number of carboxylic acid groups (broad SMARTS) is 1. The fourth-order valence-electron chi connectivity index (χ4n) is 0.653. The molecule has 94 valence electrons. The number of amides is 1. The highest BCUT2D eigenvalue weighted by Gasteiger charge is 2.24. The van der Waals surface area contributed by atoms with Crippen molar-refractivity contribution >= 4 is 22.3 Å². The molecule has 16 heavy (non-hydrogen) atoms. The van der Waals surface area contributed by atoms with Crippen molar-refractivity contribution in [1.29, 1.82) is 0 Å². The lowest BCUT2D eigenvalue weighted by molar-refractivity contribution is -0.139. The van der Waals surface area contributed by atoms with E-state index in [1.54, 1.807) is 4.72 Å². The quantitative estimate of drug-likeness (QED) is 0.431. The van der Waals surface area contributed by atoms with Crippen molar-refractivity contribution in [1.82, 2.24) is 9.44 Å². The second-order valence-corrected chi connectivity index (χ2v) is 3.96. The summed E-state index contributed by atoms with van der Waals surface area (Å²) in [5.74, 6) is -1.57. The number of nitrogens with one attached hydrogen (secondary N) is 2. The Labute approximate surface area is 91.6 Å². The van der Waals surface area contributed by atoms with Gasteiger partial charge in [-0.2, -0.15) is 13.1 Å². The molecule has 9 nitrogen and oxygen atoms in total. The van der Waals surface area contributed by atoms with Crippen LogP contribution in [-0.4, -0.2) is 49.9 Å². The summed E-state index contributed by atoms with van der Waals surface area (Å²) < 4.78 is 29.4. The number of carbonyl (C=O) groups excluding carboxylic acids is 1. The van der Waals surface area contributed by atoms with Crippen LogP contribution in [0, 0.1) is 0 Å². The monoisotopic (exact) mass is 256 g/mol. The molecule has 0 saturated carbocycles. The van der Waals surface area contributed by atoms with E-state index in [0.717, 1.165) is 0 Å². The van der Waals surface area contributed by atoms with Crippen LogP contribution >= 0.6 is 0 Å². The van der Waals surface area contributed by atoms with Gasteiger partial charge in [0.25, 0.3) is 0 Å². The van der Waals surface area contributed by atoms with Crippen molar-refractivity contribution in [3.8, 4) is 0 Å². The fraction of sp³-hybridized carbons (Fsp3) is 0.667. The van der Waals surface area contributed by atoms with E-state index >= 15 is 0 Å². The van der Waals surface area contributed by atoms with E-state index in [-0.39, 0.29) is 6.61 Å². The number of ether oxygens (including phenoxy) is 1. The summed E-state index contributed by atoms with van der Waals surface area (Å²) >= 11 is 0. The van der Waals surface area contributed by atoms with E-state index in [2.05, 4.69) is 4.74 Å². The van der Waals surface area contributed by atoms with Crippen LogP contribution in [0.4, 0.5) is 4.79 Å². The minimum absolute atomic E-state index is 0.0380. The summed E-state index contributed by atoms with van der Waals surface area (Å²) in [6, 6.07) is -1.73. The lowest BCUT2D eigenvalue weighted by Gasteiger charge is -2.12. The topological polar surface area (TPSA) is 142 Å². The Morgan fingerprint density at radius 3 is 2.38 bits per heavy atom. The van der Waals surface area contributed by atoms with Gasteiger partial charge in [0, 0.05) is 0 Å². The van der Waals surface area contributed by atoms with Gasteiger partial charge in [-0.25, -0.2) is 9.52 Å². The third-order valence-electron chi connectivity index (χ3n) is 1.27. The SMILES string of the molecule is CCOC(=O)NS(=O)(=O)N[C@H](CO)C(=O)O. The zero-order chi connectivity index (χ0) is 12.8. The molecule has 0 saturated heterocycles. The average molecular weight is 256 g/mol. The maximum atomic E-state index is 11.1. The number of carboxylic acids is 1. The number of aliphatic carboxylic acids is 1. The molecule has 0 aromatic rings. The van der Waals surface area contributed by atoms with Crippen molar-refractivity contribution in [2.75, 3.05) is 13.2 Å². The van der Waals surface area contributed by atoms with E-state index in [4.69, 9.17) is 10.2 Å².